The Morgan fingerprint density at radius 2 is 2.26 bits per heavy atom. The van der Waals surface area contributed by atoms with Crippen molar-refractivity contribution in [2.24, 2.45) is 5.16 Å². The maximum atomic E-state index is 13.0. The van der Waals surface area contributed by atoms with E-state index in [1.54, 1.807) is 10.9 Å². The minimum atomic E-state index is -1.19. The highest BCUT2D eigenvalue weighted by atomic mass is 32.2. The van der Waals surface area contributed by atoms with Gasteiger partial charge in [0, 0.05) is 16.9 Å². The van der Waals surface area contributed by atoms with Crippen LogP contribution in [0, 0.1) is 0 Å². The summed E-state index contributed by atoms with van der Waals surface area (Å²) in [5.41, 5.74) is 7.93. The molecule has 2 amide bonds. The number of amides is 2. The molecule has 1 fully saturated rings. The van der Waals surface area contributed by atoms with E-state index < -0.39 is 29.2 Å². The zero-order valence-corrected chi connectivity index (χ0v) is 21.4. The lowest BCUT2D eigenvalue weighted by atomic mass is 10.0. The Balaban J connectivity index is 1.49. The lowest BCUT2D eigenvalue weighted by Crippen LogP contribution is -2.71. The SMILES string of the molecule is CSCON=C(C(=O)NC1C(=O)N2C(C(=O)O)=C(CSc3nncs3)CS[C@H]12)c1csc(N)n1. The fourth-order valence-electron chi connectivity index (χ4n) is 3.12. The van der Waals surface area contributed by atoms with Crippen molar-refractivity contribution in [1.29, 1.82) is 0 Å². The summed E-state index contributed by atoms with van der Waals surface area (Å²) >= 11 is 6.61. The molecule has 17 heteroatoms. The number of hydrogen-bond donors (Lipinski definition) is 3. The molecule has 0 bridgehead atoms. The van der Waals surface area contributed by atoms with Gasteiger partial charge in [-0.2, -0.15) is 0 Å². The van der Waals surface area contributed by atoms with Crippen LogP contribution in [0.5, 0.6) is 0 Å². The summed E-state index contributed by atoms with van der Waals surface area (Å²) in [6.07, 6.45) is 1.81. The molecule has 2 aromatic rings. The third-order valence-corrected chi connectivity index (χ3v) is 8.85. The minimum Gasteiger partial charge on any atom is -0.477 e. The van der Waals surface area contributed by atoms with Crippen molar-refractivity contribution in [3.63, 3.8) is 0 Å². The second kappa shape index (κ2) is 10.9. The predicted molar refractivity (Wildman–Crippen MR) is 133 cm³/mol. The molecule has 2 atom stereocenters. The number of nitrogens with one attached hydrogen (secondary N) is 1. The normalized spacial score (nSPS) is 20.1. The average molecular weight is 560 g/mol. The van der Waals surface area contributed by atoms with Gasteiger partial charge in [0.2, 0.25) is 0 Å². The molecule has 12 nitrogen and oxygen atoms in total. The molecule has 2 aromatic heterocycles. The molecule has 0 radical (unpaired) electrons. The molecule has 4 rings (SSSR count). The van der Waals surface area contributed by atoms with Gasteiger partial charge in [-0.15, -0.1) is 45.1 Å². The van der Waals surface area contributed by atoms with Crippen molar-refractivity contribution in [3.8, 4) is 0 Å². The lowest BCUT2D eigenvalue weighted by Gasteiger charge is -2.49. The van der Waals surface area contributed by atoms with Gasteiger partial charge in [0.25, 0.3) is 11.8 Å². The number of aliphatic carboxylic acids is 1. The van der Waals surface area contributed by atoms with Crippen molar-refractivity contribution in [2.75, 3.05) is 29.4 Å². The van der Waals surface area contributed by atoms with Crippen LogP contribution in [-0.2, 0) is 19.2 Å². The van der Waals surface area contributed by atoms with E-state index in [-0.39, 0.29) is 28.2 Å². The number of carboxylic acids is 1. The van der Waals surface area contributed by atoms with Crippen molar-refractivity contribution < 1.29 is 24.3 Å². The number of nitrogen functional groups attached to an aromatic ring is 1. The Morgan fingerprint density at radius 1 is 1.44 bits per heavy atom. The largest absolute Gasteiger partial charge is 0.477 e. The van der Waals surface area contributed by atoms with Crippen molar-refractivity contribution in [3.05, 3.63) is 27.9 Å². The molecule has 34 heavy (non-hydrogen) atoms. The molecule has 2 aliphatic rings. The van der Waals surface area contributed by atoms with Crippen LogP contribution >= 0.6 is 58.0 Å². The van der Waals surface area contributed by atoms with E-state index in [9.17, 15) is 19.5 Å². The molecule has 0 aromatic carbocycles. The first-order valence-corrected chi connectivity index (χ1v) is 14.6. The number of β-lactam (4-membered cyclic amide) rings is 1. The summed E-state index contributed by atoms with van der Waals surface area (Å²) in [5.74, 6) is -1.38. The molecule has 0 aliphatic carbocycles. The quantitative estimate of drug-likeness (QED) is 0.0948. The van der Waals surface area contributed by atoms with Gasteiger partial charge in [0.05, 0.1) is 0 Å². The minimum absolute atomic E-state index is 0.0549. The molecule has 4 N–H and O–H groups in total. The van der Waals surface area contributed by atoms with E-state index >= 15 is 0 Å². The van der Waals surface area contributed by atoms with Gasteiger partial charge in [-0.05, 0) is 11.8 Å². The van der Waals surface area contributed by atoms with Crippen molar-refractivity contribution >= 4 is 86.6 Å². The molecule has 1 unspecified atom stereocenters. The average Bonchev–Trinajstić information content (AvgIpc) is 3.49. The third kappa shape index (κ3) is 5.17. The number of nitrogens with two attached hydrogens (primary N) is 1. The van der Waals surface area contributed by atoms with E-state index in [0.29, 0.717) is 21.4 Å². The number of aromatic nitrogens is 3. The van der Waals surface area contributed by atoms with E-state index in [4.69, 9.17) is 10.6 Å². The van der Waals surface area contributed by atoms with E-state index in [0.717, 1.165) is 11.3 Å². The van der Waals surface area contributed by atoms with Gasteiger partial charge in [-0.3, -0.25) is 14.5 Å². The first-order chi connectivity index (χ1) is 16.4. The Morgan fingerprint density at radius 3 is 2.91 bits per heavy atom. The predicted octanol–water partition coefficient (Wildman–Crippen LogP) is 1.15. The number of fused-ring (bicyclic) bond motifs is 1. The summed E-state index contributed by atoms with van der Waals surface area (Å²) in [7, 11) is 0. The smallest absolute Gasteiger partial charge is 0.352 e. The summed E-state index contributed by atoms with van der Waals surface area (Å²) in [6.45, 7) is 0. The topological polar surface area (TPSA) is 173 Å². The standard InChI is InChI=1S/C17H17N7O5S5/c1-30-6-29-23-9(8-4-32-16(18)20-8)12(25)21-10-13(26)24-11(15(27)28)7(2-31-14(10)24)3-33-17-22-19-5-34-17/h4-5,10,14H,2-3,6H2,1H3,(H2,18,20)(H,21,25)(H,27,28)/t10?,14-/m1/s1. The van der Waals surface area contributed by atoms with Gasteiger partial charge in [0.1, 0.15) is 28.3 Å². The number of thioether (sulfide) groups is 3. The number of carbonyl (C=O) groups is 3. The van der Waals surface area contributed by atoms with Crippen LogP contribution < -0.4 is 11.1 Å². The van der Waals surface area contributed by atoms with Crippen LogP contribution in [0.2, 0.25) is 0 Å². The summed E-state index contributed by atoms with van der Waals surface area (Å²) in [5, 5.41) is 25.3. The van der Waals surface area contributed by atoms with Crippen LogP contribution in [0.4, 0.5) is 5.13 Å². The number of oxime groups is 1. The van der Waals surface area contributed by atoms with Gasteiger partial charge in [0.15, 0.2) is 21.1 Å². The fourth-order valence-corrected chi connectivity index (χ4v) is 6.80. The van der Waals surface area contributed by atoms with E-state index in [1.165, 1.54) is 51.5 Å². The molecule has 0 saturated carbocycles. The van der Waals surface area contributed by atoms with Gasteiger partial charge in [-0.1, -0.05) is 28.3 Å². The number of nitrogens with zero attached hydrogens (tertiary/aromatic N) is 5. The highest BCUT2D eigenvalue weighted by Crippen LogP contribution is 2.41. The Kier molecular flexibility index (Phi) is 7.97. The highest BCUT2D eigenvalue weighted by molar-refractivity contribution is 8.01. The molecule has 2 aliphatic heterocycles. The third-order valence-electron chi connectivity index (χ3n) is 4.55. The first kappa shape index (κ1) is 24.8. The number of anilines is 1. The second-order valence-corrected chi connectivity index (χ2v) is 11.5. The van der Waals surface area contributed by atoms with Gasteiger partial charge < -0.3 is 21.0 Å². The maximum Gasteiger partial charge on any atom is 0.352 e. The zero-order chi connectivity index (χ0) is 24.2. The Bertz CT molecular complexity index is 1150. The Labute approximate surface area is 213 Å². The molecular weight excluding hydrogens is 543 g/mol. The Hall–Kier alpha value is -2.34. The van der Waals surface area contributed by atoms with Gasteiger partial charge in [-0.25, -0.2) is 9.78 Å². The van der Waals surface area contributed by atoms with Gasteiger partial charge >= 0.3 is 5.97 Å². The van der Waals surface area contributed by atoms with E-state index in [1.807, 2.05) is 6.26 Å². The molecular formula is C17H17N7O5S5. The highest BCUT2D eigenvalue weighted by Gasteiger charge is 2.54. The number of carbonyl (C=O) groups excluding carboxylic acids is 2. The van der Waals surface area contributed by atoms with Crippen LogP contribution in [0.1, 0.15) is 5.69 Å². The summed E-state index contributed by atoms with van der Waals surface area (Å²) < 4.78 is 0.711. The fraction of sp³-hybridized carbons (Fsp3) is 0.353. The van der Waals surface area contributed by atoms with Crippen LogP contribution in [0.25, 0.3) is 0 Å². The maximum absolute atomic E-state index is 13.0. The number of hydrogen-bond acceptors (Lipinski definition) is 14. The van der Waals surface area contributed by atoms with Crippen LogP contribution in [0.15, 0.2) is 31.7 Å². The van der Waals surface area contributed by atoms with Crippen LogP contribution in [0.3, 0.4) is 0 Å². The molecule has 1 saturated heterocycles. The molecule has 0 spiro atoms. The second-order valence-electron chi connectivity index (χ2n) is 6.66. The van der Waals surface area contributed by atoms with E-state index in [2.05, 4.69) is 25.7 Å². The summed E-state index contributed by atoms with van der Waals surface area (Å²) in [4.78, 5) is 48.3. The number of carboxylic acid groups (broad SMARTS) is 1. The lowest BCUT2D eigenvalue weighted by molar-refractivity contribution is -0.150. The number of thiazole rings is 1. The zero-order valence-electron chi connectivity index (χ0n) is 17.4. The molecule has 180 valence electrons. The van der Waals surface area contributed by atoms with Crippen molar-refractivity contribution in [1.82, 2.24) is 25.4 Å². The first-order valence-electron chi connectivity index (χ1n) is 9.40. The summed E-state index contributed by atoms with van der Waals surface area (Å²) in [6, 6.07) is -0.911. The number of rotatable bonds is 10. The molecule has 4 heterocycles. The monoisotopic (exact) mass is 559 g/mol. The van der Waals surface area contributed by atoms with Crippen molar-refractivity contribution in [2.45, 2.75) is 15.8 Å². The van der Waals surface area contributed by atoms with Crippen LogP contribution in [-0.4, -0.2) is 83.8 Å².